The summed E-state index contributed by atoms with van der Waals surface area (Å²) in [5.41, 5.74) is 0.349. The van der Waals surface area contributed by atoms with E-state index in [2.05, 4.69) is 10.2 Å². The van der Waals surface area contributed by atoms with Crippen molar-refractivity contribution in [3.63, 3.8) is 0 Å². The van der Waals surface area contributed by atoms with Gasteiger partial charge < -0.3 is 15.3 Å². The monoisotopic (exact) mass is 273 g/mol. The Morgan fingerprint density at radius 2 is 2.44 bits per heavy atom. The van der Waals surface area contributed by atoms with Gasteiger partial charge in [0.2, 0.25) is 6.41 Å². The highest BCUT2D eigenvalue weighted by Gasteiger charge is 2.53. The van der Waals surface area contributed by atoms with Crippen molar-refractivity contribution >= 4 is 30.0 Å². The average Bonchev–Trinajstić information content (AvgIpc) is 2.35. The Morgan fingerprint density at radius 3 is 3.00 bits per heavy atom. The largest absolute Gasteiger partial charge is 0.477 e. The van der Waals surface area contributed by atoms with Crippen LogP contribution in [0.25, 0.3) is 0 Å². The summed E-state index contributed by atoms with van der Waals surface area (Å²) in [6.45, 7) is -0.0447. The van der Waals surface area contributed by atoms with Crippen molar-refractivity contribution in [1.82, 2.24) is 10.2 Å². The normalized spacial score (nSPS) is 26.5. The molecule has 4 N–H and O–H groups in total. The smallest absolute Gasteiger partial charge is 0.352 e. The second kappa shape index (κ2) is 4.96. The minimum atomic E-state index is -1.20. The number of nitrogens with one attached hydrogen (secondary N) is 1. The first kappa shape index (κ1) is 12.9. The Morgan fingerprint density at radius 1 is 1.72 bits per heavy atom. The highest BCUT2D eigenvalue weighted by Crippen LogP contribution is 2.40. The predicted octanol–water partition coefficient (Wildman–Crippen LogP) is -1.75. The molecule has 2 amide bonds. The number of hydrogen-bond acceptors (Lipinski definition) is 6. The minimum Gasteiger partial charge on any atom is -0.477 e. The SMILES string of the molecule is NOCC1=C(C(=O)O)N2C(=O)C(NC=O)C2SC1. The number of β-lactam (4-membered cyclic amide) rings is 1. The van der Waals surface area contributed by atoms with Gasteiger partial charge in [0.05, 0.1) is 6.61 Å². The Bertz CT molecular complexity index is 438. The molecule has 0 saturated carbocycles. The van der Waals surface area contributed by atoms with Crippen LogP contribution in [0, 0.1) is 0 Å². The summed E-state index contributed by atoms with van der Waals surface area (Å²) in [6.07, 6.45) is 0.434. The van der Waals surface area contributed by atoms with E-state index in [1.807, 2.05) is 0 Å². The molecular weight excluding hydrogens is 262 g/mol. The third kappa shape index (κ3) is 1.85. The average molecular weight is 273 g/mol. The number of nitrogens with two attached hydrogens (primary N) is 1. The molecule has 1 fully saturated rings. The van der Waals surface area contributed by atoms with Crippen LogP contribution in [0.15, 0.2) is 11.3 Å². The van der Waals surface area contributed by atoms with Crippen molar-refractivity contribution in [2.75, 3.05) is 12.4 Å². The number of rotatable bonds is 5. The number of thioether (sulfide) groups is 1. The molecule has 1 saturated heterocycles. The summed E-state index contributed by atoms with van der Waals surface area (Å²) in [5, 5.41) is 11.1. The van der Waals surface area contributed by atoms with Crippen molar-refractivity contribution in [2.24, 2.45) is 5.90 Å². The fraction of sp³-hybridized carbons (Fsp3) is 0.444. The lowest BCUT2D eigenvalue weighted by molar-refractivity contribution is -0.149. The molecule has 2 unspecified atom stereocenters. The van der Waals surface area contributed by atoms with E-state index in [-0.39, 0.29) is 17.7 Å². The van der Waals surface area contributed by atoms with E-state index in [4.69, 9.17) is 11.0 Å². The summed E-state index contributed by atoms with van der Waals surface area (Å²) in [5.74, 6) is 3.68. The molecule has 2 rings (SSSR count). The van der Waals surface area contributed by atoms with Gasteiger partial charge in [-0.2, -0.15) is 0 Å². The number of fused-ring (bicyclic) bond motifs is 1. The van der Waals surface area contributed by atoms with Crippen LogP contribution < -0.4 is 11.2 Å². The third-order valence-electron chi connectivity index (χ3n) is 2.75. The first-order chi connectivity index (χ1) is 8.61. The maximum atomic E-state index is 11.8. The second-order valence-electron chi connectivity index (χ2n) is 3.74. The molecule has 0 aromatic rings. The van der Waals surface area contributed by atoms with E-state index < -0.39 is 17.9 Å². The van der Waals surface area contributed by atoms with Gasteiger partial charge in [-0.3, -0.25) is 14.5 Å². The van der Waals surface area contributed by atoms with Crippen LogP contribution in [-0.2, 0) is 19.2 Å². The molecule has 2 aliphatic rings. The minimum absolute atomic E-state index is 0.0447. The number of carboxylic acids is 1. The van der Waals surface area contributed by atoms with E-state index in [9.17, 15) is 14.4 Å². The van der Waals surface area contributed by atoms with Crippen molar-refractivity contribution in [3.8, 4) is 0 Å². The van der Waals surface area contributed by atoms with Crippen molar-refractivity contribution in [1.29, 1.82) is 0 Å². The lowest BCUT2D eigenvalue weighted by Crippen LogP contribution is -2.69. The molecule has 0 aliphatic carbocycles. The van der Waals surface area contributed by atoms with Crippen molar-refractivity contribution in [3.05, 3.63) is 11.3 Å². The molecule has 18 heavy (non-hydrogen) atoms. The van der Waals surface area contributed by atoms with Crippen LogP contribution in [0.1, 0.15) is 0 Å². The summed E-state index contributed by atoms with van der Waals surface area (Å²) in [7, 11) is 0. The van der Waals surface area contributed by atoms with Crippen LogP contribution in [-0.4, -0.2) is 52.1 Å². The van der Waals surface area contributed by atoms with E-state index in [0.717, 1.165) is 4.90 Å². The lowest BCUT2D eigenvalue weighted by atomic mass is 10.0. The lowest BCUT2D eigenvalue weighted by Gasteiger charge is -2.48. The number of aliphatic carboxylic acids is 1. The molecule has 98 valence electrons. The highest BCUT2D eigenvalue weighted by atomic mass is 32.2. The number of carboxylic acid groups (broad SMARTS) is 1. The highest BCUT2D eigenvalue weighted by molar-refractivity contribution is 8.00. The number of hydrogen-bond donors (Lipinski definition) is 3. The van der Waals surface area contributed by atoms with Gasteiger partial charge in [-0.15, -0.1) is 11.8 Å². The number of carbonyl (C=O) groups excluding carboxylic acids is 2. The van der Waals surface area contributed by atoms with E-state index in [1.165, 1.54) is 11.8 Å². The summed E-state index contributed by atoms with van der Waals surface area (Å²) >= 11 is 1.36. The van der Waals surface area contributed by atoms with Crippen LogP contribution in [0.2, 0.25) is 0 Å². The Kier molecular flexibility index (Phi) is 3.55. The van der Waals surface area contributed by atoms with Gasteiger partial charge in [0, 0.05) is 5.75 Å². The zero-order chi connectivity index (χ0) is 13.3. The molecule has 0 radical (unpaired) electrons. The van der Waals surface area contributed by atoms with Crippen LogP contribution >= 0.6 is 11.8 Å². The van der Waals surface area contributed by atoms with Crippen LogP contribution in [0.5, 0.6) is 0 Å². The molecule has 2 aliphatic heterocycles. The Hall–Kier alpha value is -1.58. The molecule has 0 aromatic heterocycles. The standard InChI is InChI=1S/C9H11N3O5S/c10-17-1-4-2-18-8-5(11-3-13)7(14)12(8)6(4)9(15)16/h3,5,8H,1-2,10H2,(H,11,13)(H,15,16). The van der Waals surface area contributed by atoms with Gasteiger partial charge in [-0.25, -0.2) is 10.7 Å². The fourth-order valence-electron chi connectivity index (χ4n) is 1.99. The van der Waals surface area contributed by atoms with E-state index >= 15 is 0 Å². The Labute approximate surface area is 106 Å². The van der Waals surface area contributed by atoms with Crippen molar-refractivity contribution < 1.29 is 24.3 Å². The van der Waals surface area contributed by atoms with Gasteiger partial charge in [-0.05, 0) is 5.57 Å². The first-order valence-electron chi connectivity index (χ1n) is 5.03. The second-order valence-corrected chi connectivity index (χ2v) is 4.85. The van der Waals surface area contributed by atoms with Crippen LogP contribution in [0.4, 0.5) is 0 Å². The van der Waals surface area contributed by atoms with Crippen LogP contribution in [0.3, 0.4) is 0 Å². The zero-order valence-electron chi connectivity index (χ0n) is 9.16. The molecule has 0 bridgehead atoms. The molecule has 0 aromatic carbocycles. The predicted molar refractivity (Wildman–Crippen MR) is 60.9 cm³/mol. The third-order valence-corrected chi connectivity index (χ3v) is 4.09. The number of carbonyl (C=O) groups is 3. The maximum Gasteiger partial charge on any atom is 0.352 e. The molecule has 9 heteroatoms. The molecule has 2 heterocycles. The van der Waals surface area contributed by atoms with Crippen molar-refractivity contribution in [2.45, 2.75) is 11.4 Å². The quantitative estimate of drug-likeness (QED) is 0.308. The van der Waals surface area contributed by atoms with Gasteiger partial charge in [0.15, 0.2) is 0 Å². The molecule has 8 nitrogen and oxygen atoms in total. The molecular formula is C9H11N3O5S. The molecule has 2 atom stereocenters. The maximum absolute atomic E-state index is 11.8. The summed E-state index contributed by atoms with van der Waals surface area (Å²) in [6, 6.07) is -0.665. The van der Waals surface area contributed by atoms with E-state index in [0.29, 0.717) is 17.7 Å². The van der Waals surface area contributed by atoms with E-state index in [1.54, 1.807) is 0 Å². The summed E-state index contributed by atoms with van der Waals surface area (Å²) < 4.78 is 0. The zero-order valence-corrected chi connectivity index (χ0v) is 9.98. The van der Waals surface area contributed by atoms with Gasteiger partial charge >= 0.3 is 5.97 Å². The number of amides is 2. The van der Waals surface area contributed by atoms with Gasteiger partial charge in [0.1, 0.15) is 17.1 Å². The van der Waals surface area contributed by atoms with Gasteiger partial charge in [-0.1, -0.05) is 0 Å². The topological polar surface area (TPSA) is 122 Å². The summed E-state index contributed by atoms with van der Waals surface area (Å²) in [4.78, 5) is 38.9. The number of nitrogens with zero attached hydrogens (tertiary/aromatic N) is 1. The Balaban J connectivity index is 2.27. The molecule has 0 spiro atoms. The van der Waals surface area contributed by atoms with Gasteiger partial charge in [0.25, 0.3) is 5.91 Å². The fourth-order valence-corrected chi connectivity index (χ4v) is 3.33. The first-order valence-corrected chi connectivity index (χ1v) is 6.08.